The molecule has 1 fully saturated rings. The fraction of sp³-hybridized carbons (Fsp3) is 0.364. The number of para-hydroxylation sites is 1. The van der Waals surface area contributed by atoms with Crippen molar-refractivity contribution in [2.24, 2.45) is 0 Å². The maximum Gasteiger partial charge on any atom is 0.242 e. The molecule has 2 aromatic carbocycles. The predicted molar refractivity (Wildman–Crippen MR) is 109 cm³/mol. The quantitative estimate of drug-likeness (QED) is 0.815. The van der Waals surface area contributed by atoms with Crippen LogP contribution in [0.4, 0.5) is 15.8 Å². The molecule has 6 heteroatoms. The number of rotatable bonds is 4. The number of benzene rings is 2. The minimum absolute atomic E-state index is 0.0118. The van der Waals surface area contributed by atoms with Crippen molar-refractivity contribution in [1.82, 2.24) is 4.90 Å². The molecule has 0 aliphatic carbocycles. The first-order chi connectivity index (χ1) is 13.3. The van der Waals surface area contributed by atoms with E-state index in [1.54, 1.807) is 17.0 Å². The highest BCUT2D eigenvalue weighted by atomic mass is 19.1. The van der Waals surface area contributed by atoms with E-state index in [0.717, 1.165) is 16.8 Å². The van der Waals surface area contributed by atoms with E-state index in [-0.39, 0.29) is 24.2 Å². The average molecular weight is 383 g/mol. The van der Waals surface area contributed by atoms with Gasteiger partial charge in [-0.2, -0.15) is 0 Å². The molecule has 1 aliphatic rings. The lowest BCUT2D eigenvalue weighted by molar-refractivity contribution is -0.131. The van der Waals surface area contributed by atoms with Gasteiger partial charge < -0.3 is 14.7 Å². The Morgan fingerprint density at radius 1 is 1.00 bits per heavy atom. The highest BCUT2D eigenvalue weighted by Gasteiger charge is 2.25. The first kappa shape index (κ1) is 19.9. The fourth-order valence-corrected chi connectivity index (χ4v) is 3.63. The maximum atomic E-state index is 14.0. The summed E-state index contributed by atoms with van der Waals surface area (Å²) in [5.41, 5.74) is 3.40. The molecular formula is C22H26FN3O2. The molecule has 0 saturated carbocycles. The number of anilines is 2. The molecule has 0 N–H and O–H groups in total. The first-order valence-electron chi connectivity index (χ1n) is 9.49. The summed E-state index contributed by atoms with van der Waals surface area (Å²) < 4.78 is 14.0. The van der Waals surface area contributed by atoms with Crippen molar-refractivity contribution in [2.75, 3.05) is 42.5 Å². The molecule has 28 heavy (non-hydrogen) atoms. The number of aryl methyl sites for hydroxylation is 2. The molecule has 2 aromatic rings. The summed E-state index contributed by atoms with van der Waals surface area (Å²) in [4.78, 5) is 30.2. The third-order valence-corrected chi connectivity index (χ3v) is 5.02. The third kappa shape index (κ3) is 4.50. The Hall–Kier alpha value is -2.89. The van der Waals surface area contributed by atoms with E-state index in [1.165, 1.54) is 17.9 Å². The van der Waals surface area contributed by atoms with Crippen LogP contribution in [0.2, 0.25) is 0 Å². The van der Waals surface area contributed by atoms with Gasteiger partial charge in [0.05, 0.1) is 5.69 Å². The molecule has 1 aliphatic heterocycles. The van der Waals surface area contributed by atoms with Crippen molar-refractivity contribution in [2.45, 2.75) is 20.8 Å². The topological polar surface area (TPSA) is 43.9 Å². The van der Waals surface area contributed by atoms with E-state index in [2.05, 4.69) is 0 Å². The number of halogens is 1. The Morgan fingerprint density at radius 3 is 2.18 bits per heavy atom. The van der Waals surface area contributed by atoms with Crippen molar-refractivity contribution in [1.29, 1.82) is 0 Å². The van der Waals surface area contributed by atoms with E-state index in [1.807, 2.05) is 43.0 Å². The van der Waals surface area contributed by atoms with E-state index in [9.17, 15) is 14.0 Å². The summed E-state index contributed by atoms with van der Waals surface area (Å²) in [5, 5.41) is 0. The van der Waals surface area contributed by atoms with Gasteiger partial charge in [0.1, 0.15) is 12.4 Å². The van der Waals surface area contributed by atoms with Crippen LogP contribution in [0.5, 0.6) is 0 Å². The van der Waals surface area contributed by atoms with Crippen LogP contribution in [-0.4, -0.2) is 49.4 Å². The van der Waals surface area contributed by atoms with Crippen molar-refractivity contribution < 1.29 is 14.0 Å². The number of amides is 2. The minimum Gasteiger partial charge on any atom is -0.366 e. The summed E-state index contributed by atoms with van der Waals surface area (Å²) in [6.45, 7) is 7.57. The number of hydrogen-bond donors (Lipinski definition) is 0. The van der Waals surface area contributed by atoms with Crippen molar-refractivity contribution >= 4 is 23.2 Å². The molecular weight excluding hydrogens is 357 g/mol. The van der Waals surface area contributed by atoms with E-state index in [0.29, 0.717) is 31.9 Å². The predicted octanol–water partition coefficient (Wildman–Crippen LogP) is 3.14. The van der Waals surface area contributed by atoms with Gasteiger partial charge in [0, 0.05) is 38.8 Å². The molecule has 0 aromatic heterocycles. The van der Waals surface area contributed by atoms with Crippen molar-refractivity contribution in [3.05, 3.63) is 59.4 Å². The third-order valence-electron chi connectivity index (χ3n) is 5.02. The minimum atomic E-state index is -0.250. The summed E-state index contributed by atoms with van der Waals surface area (Å²) >= 11 is 0. The normalized spacial score (nSPS) is 14.1. The molecule has 2 amide bonds. The lowest BCUT2D eigenvalue weighted by Crippen LogP contribution is -2.52. The Bertz CT molecular complexity index is 856. The molecule has 0 bridgehead atoms. The molecule has 0 radical (unpaired) electrons. The summed E-state index contributed by atoms with van der Waals surface area (Å²) in [5.74, 6) is -0.509. The molecule has 0 spiro atoms. The largest absolute Gasteiger partial charge is 0.366 e. The number of hydrogen-bond acceptors (Lipinski definition) is 3. The maximum absolute atomic E-state index is 14.0. The molecule has 3 rings (SSSR count). The number of piperazine rings is 1. The van der Waals surface area contributed by atoms with Gasteiger partial charge in [0.2, 0.25) is 11.8 Å². The van der Waals surface area contributed by atoms with Gasteiger partial charge in [-0.25, -0.2) is 4.39 Å². The molecule has 148 valence electrons. The zero-order valence-corrected chi connectivity index (χ0v) is 16.6. The van der Waals surface area contributed by atoms with Gasteiger partial charge in [-0.05, 0) is 49.2 Å². The molecule has 1 saturated heterocycles. The van der Waals surface area contributed by atoms with Crippen LogP contribution in [0.1, 0.15) is 18.1 Å². The number of carbonyl (C=O) groups excluding carboxylic acids is 2. The molecule has 1 heterocycles. The average Bonchev–Trinajstić information content (AvgIpc) is 2.65. The van der Waals surface area contributed by atoms with Crippen molar-refractivity contribution in [3.63, 3.8) is 0 Å². The highest BCUT2D eigenvalue weighted by Crippen LogP contribution is 2.22. The molecule has 0 atom stereocenters. The van der Waals surface area contributed by atoms with Crippen molar-refractivity contribution in [3.8, 4) is 0 Å². The van der Waals surface area contributed by atoms with Crippen LogP contribution in [0, 0.1) is 19.7 Å². The van der Waals surface area contributed by atoms with Gasteiger partial charge in [0.15, 0.2) is 0 Å². The Balaban J connectivity index is 1.65. The lowest BCUT2D eigenvalue weighted by Gasteiger charge is -2.37. The standard InChI is InChI=1S/C22H26FN3O2/c1-16-12-17(2)14-19(13-16)26(18(3)27)15-22(28)25-10-8-24(9-11-25)21-7-5-4-6-20(21)23/h4-7,12-14H,8-11,15H2,1-3H3. The highest BCUT2D eigenvalue weighted by molar-refractivity contribution is 5.97. The van der Waals surface area contributed by atoms with Gasteiger partial charge in [-0.3, -0.25) is 9.59 Å². The first-order valence-corrected chi connectivity index (χ1v) is 9.49. The zero-order chi connectivity index (χ0) is 20.3. The summed E-state index contributed by atoms with van der Waals surface area (Å²) in [6, 6.07) is 12.5. The van der Waals surface area contributed by atoms with Crippen LogP contribution in [0.3, 0.4) is 0 Å². The second-order valence-electron chi connectivity index (χ2n) is 7.27. The van der Waals surface area contributed by atoms with E-state index >= 15 is 0 Å². The second-order valence-corrected chi connectivity index (χ2v) is 7.27. The van der Waals surface area contributed by atoms with Crippen LogP contribution >= 0.6 is 0 Å². The van der Waals surface area contributed by atoms with Crippen LogP contribution in [-0.2, 0) is 9.59 Å². The molecule has 0 unspecified atom stereocenters. The number of nitrogens with zero attached hydrogens (tertiary/aromatic N) is 3. The van der Waals surface area contributed by atoms with Gasteiger partial charge in [-0.1, -0.05) is 18.2 Å². The smallest absolute Gasteiger partial charge is 0.242 e. The lowest BCUT2D eigenvalue weighted by atomic mass is 10.1. The van der Waals surface area contributed by atoms with Crippen LogP contribution in [0.25, 0.3) is 0 Å². The molecule has 5 nitrogen and oxygen atoms in total. The Morgan fingerprint density at radius 2 is 1.61 bits per heavy atom. The number of carbonyl (C=O) groups is 2. The zero-order valence-electron chi connectivity index (χ0n) is 16.6. The van der Waals surface area contributed by atoms with E-state index < -0.39 is 0 Å². The Labute approximate surface area is 165 Å². The van der Waals surface area contributed by atoms with E-state index in [4.69, 9.17) is 0 Å². The fourth-order valence-electron chi connectivity index (χ4n) is 3.63. The van der Waals surface area contributed by atoms with Crippen LogP contribution in [0.15, 0.2) is 42.5 Å². The monoisotopic (exact) mass is 383 g/mol. The summed E-state index contributed by atoms with van der Waals surface area (Å²) in [7, 11) is 0. The van der Waals surface area contributed by atoms with Crippen LogP contribution < -0.4 is 9.80 Å². The van der Waals surface area contributed by atoms with Gasteiger partial charge in [0.25, 0.3) is 0 Å². The SMILES string of the molecule is CC(=O)N(CC(=O)N1CCN(c2ccccc2F)CC1)c1cc(C)cc(C)c1. The Kier molecular flexibility index (Phi) is 5.97. The second kappa shape index (κ2) is 8.42. The summed E-state index contributed by atoms with van der Waals surface area (Å²) in [6.07, 6.45) is 0. The van der Waals surface area contributed by atoms with Gasteiger partial charge >= 0.3 is 0 Å². The van der Waals surface area contributed by atoms with Gasteiger partial charge in [-0.15, -0.1) is 0 Å².